The number of hydrogen-bond acceptors (Lipinski definition) is 5. The van der Waals surface area contributed by atoms with Crippen LogP contribution in [-0.2, 0) is 4.79 Å². The Bertz CT molecular complexity index is 990. The highest BCUT2D eigenvalue weighted by atomic mass is 16.2. The average molecular weight is 418 g/mol. The van der Waals surface area contributed by atoms with Crippen molar-refractivity contribution in [2.24, 2.45) is 0 Å². The maximum atomic E-state index is 13.0. The molecule has 31 heavy (non-hydrogen) atoms. The van der Waals surface area contributed by atoms with E-state index in [1.165, 1.54) is 11.1 Å². The van der Waals surface area contributed by atoms with Gasteiger partial charge >= 0.3 is 0 Å². The minimum absolute atomic E-state index is 0.0431. The summed E-state index contributed by atoms with van der Waals surface area (Å²) in [6.45, 7) is 3.35. The molecular formula is C24H27N5O2. The number of carbonyl (C=O) groups is 2. The molecule has 7 nitrogen and oxygen atoms in total. The maximum absolute atomic E-state index is 13.0. The molecule has 2 aliphatic rings. The third-order valence-corrected chi connectivity index (χ3v) is 6.18. The molecule has 2 aromatic carbocycles. The number of likely N-dealkylation sites (tertiary alicyclic amines) is 1. The molecule has 160 valence electrons. The van der Waals surface area contributed by atoms with Crippen LogP contribution in [0.1, 0.15) is 52.4 Å². The van der Waals surface area contributed by atoms with E-state index in [0.717, 1.165) is 19.3 Å². The zero-order valence-electron chi connectivity index (χ0n) is 17.6. The maximum Gasteiger partial charge on any atom is 0.251 e. The summed E-state index contributed by atoms with van der Waals surface area (Å²) in [5, 5.41) is 11.9. The summed E-state index contributed by atoms with van der Waals surface area (Å²) in [6, 6.07) is 16.8. The lowest BCUT2D eigenvalue weighted by molar-refractivity contribution is -0.134. The van der Waals surface area contributed by atoms with Crippen LogP contribution in [0.5, 0.6) is 0 Å². The lowest BCUT2D eigenvalue weighted by Crippen LogP contribution is -2.51. The zero-order valence-corrected chi connectivity index (χ0v) is 17.6. The molecule has 4 rings (SSSR count). The van der Waals surface area contributed by atoms with E-state index in [1.54, 1.807) is 24.3 Å². The first-order valence-electron chi connectivity index (χ1n) is 10.7. The van der Waals surface area contributed by atoms with Crippen molar-refractivity contribution in [1.82, 2.24) is 21.1 Å². The van der Waals surface area contributed by atoms with E-state index in [4.69, 9.17) is 5.26 Å². The second-order valence-electron chi connectivity index (χ2n) is 8.25. The molecule has 0 radical (unpaired) electrons. The van der Waals surface area contributed by atoms with Gasteiger partial charge in [-0.05, 0) is 61.6 Å². The molecule has 2 unspecified atom stereocenters. The van der Waals surface area contributed by atoms with Crippen LogP contribution in [0, 0.1) is 18.3 Å². The van der Waals surface area contributed by atoms with Crippen LogP contribution in [0.2, 0.25) is 0 Å². The molecule has 0 aromatic heterocycles. The van der Waals surface area contributed by atoms with E-state index in [9.17, 15) is 9.59 Å². The SMILES string of the molecule is Cc1ccccc1C1CC(C(=O)N2CCC(NC(=O)c3ccc(C#N)cc3)CC2)NN1. The normalized spacial score (nSPS) is 21.5. The van der Waals surface area contributed by atoms with E-state index in [0.29, 0.717) is 24.2 Å². The van der Waals surface area contributed by atoms with E-state index in [2.05, 4.69) is 35.2 Å². The fourth-order valence-corrected chi connectivity index (χ4v) is 4.33. The van der Waals surface area contributed by atoms with Crippen LogP contribution < -0.4 is 16.2 Å². The average Bonchev–Trinajstić information content (AvgIpc) is 3.29. The first-order chi connectivity index (χ1) is 15.0. The summed E-state index contributed by atoms with van der Waals surface area (Å²) in [7, 11) is 0. The number of nitrogens with zero attached hydrogens (tertiary/aromatic N) is 2. The lowest BCUT2D eigenvalue weighted by atomic mass is 9.97. The summed E-state index contributed by atoms with van der Waals surface area (Å²) in [6.07, 6.45) is 2.18. The van der Waals surface area contributed by atoms with Crippen LogP contribution in [0.25, 0.3) is 0 Å². The first-order valence-corrected chi connectivity index (χ1v) is 10.7. The van der Waals surface area contributed by atoms with Gasteiger partial charge in [0.1, 0.15) is 6.04 Å². The molecular weight excluding hydrogens is 390 g/mol. The number of nitrogens with one attached hydrogen (secondary N) is 3. The molecule has 2 atom stereocenters. The van der Waals surface area contributed by atoms with E-state index in [1.807, 2.05) is 23.1 Å². The number of carbonyl (C=O) groups excluding carboxylic acids is 2. The number of hydrogen-bond donors (Lipinski definition) is 3. The Morgan fingerprint density at radius 1 is 1.06 bits per heavy atom. The van der Waals surface area contributed by atoms with Gasteiger partial charge in [-0.1, -0.05) is 24.3 Å². The number of nitriles is 1. The molecule has 2 amide bonds. The smallest absolute Gasteiger partial charge is 0.251 e. The molecule has 2 heterocycles. The van der Waals surface area contributed by atoms with Gasteiger partial charge < -0.3 is 10.2 Å². The highest BCUT2D eigenvalue weighted by Crippen LogP contribution is 2.26. The predicted molar refractivity (Wildman–Crippen MR) is 117 cm³/mol. The predicted octanol–water partition coefficient (Wildman–Crippen LogP) is 2.20. The number of benzene rings is 2. The molecule has 2 aromatic rings. The molecule has 3 N–H and O–H groups in total. The van der Waals surface area contributed by atoms with Crippen LogP contribution in [0.3, 0.4) is 0 Å². The Labute approximate surface area is 182 Å². The molecule has 0 spiro atoms. The van der Waals surface area contributed by atoms with Gasteiger partial charge in [0.25, 0.3) is 5.91 Å². The molecule has 7 heteroatoms. The zero-order chi connectivity index (χ0) is 21.8. The number of aryl methyl sites for hydroxylation is 1. The van der Waals surface area contributed by atoms with Crippen LogP contribution >= 0.6 is 0 Å². The third-order valence-electron chi connectivity index (χ3n) is 6.18. The Morgan fingerprint density at radius 2 is 1.77 bits per heavy atom. The third kappa shape index (κ3) is 4.76. The van der Waals surface area contributed by atoms with Crippen molar-refractivity contribution in [1.29, 1.82) is 5.26 Å². The Kier molecular flexibility index (Phi) is 6.31. The van der Waals surface area contributed by atoms with Crippen molar-refractivity contribution in [2.75, 3.05) is 13.1 Å². The van der Waals surface area contributed by atoms with Gasteiger partial charge in [-0.15, -0.1) is 0 Å². The minimum Gasteiger partial charge on any atom is -0.349 e. The van der Waals surface area contributed by atoms with Crippen molar-refractivity contribution in [3.05, 3.63) is 70.8 Å². The van der Waals surface area contributed by atoms with Gasteiger partial charge in [0, 0.05) is 30.7 Å². The standard InChI is InChI=1S/C24H27N5O2/c1-16-4-2-3-5-20(16)21-14-22(28-27-21)24(31)29-12-10-19(11-13-29)26-23(30)18-8-6-17(15-25)7-9-18/h2-9,19,21-22,27-28H,10-14H2,1H3,(H,26,30). The fourth-order valence-electron chi connectivity index (χ4n) is 4.33. The second-order valence-corrected chi connectivity index (χ2v) is 8.25. The van der Waals surface area contributed by atoms with Gasteiger partial charge in [0.05, 0.1) is 11.6 Å². The molecule has 2 saturated heterocycles. The molecule has 0 saturated carbocycles. The van der Waals surface area contributed by atoms with Gasteiger partial charge in [0.15, 0.2) is 0 Å². The lowest BCUT2D eigenvalue weighted by Gasteiger charge is -2.33. The summed E-state index contributed by atoms with van der Waals surface area (Å²) >= 11 is 0. The second kappa shape index (κ2) is 9.29. The highest BCUT2D eigenvalue weighted by Gasteiger charge is 2.34. The number of piperidine rings is 1. The van der Waals surface area contributed by atoms with Crippen LogP contribution in [0.4, 0.5) is 0 Å². The van der Waals surface area contributed by atoms with E-state index < -0.39 is 0 Å². The Balaban J connectivity index is 1.27. The summed E-state index contributed by atoms with van der Waals surface area (Å²) in [4.78, 5) is 27.3. The Hall–Kier alpha value is -3.21. The quantitative estimate of drug-likeness (QED) is 0.709. The van der Waals surface area contributed by atoms with Gasteiger partial charge in [-0.2, -0.15) is 5.26 Å². The summed E-state index contributed by atoms with van der Waals surface area (Å²) in [5.41, 5.74) is 9.95. The van der Waals surface area contributed by atoms with E-state index in [-0.39, 0.29) is 29.9 Å². The number of rotatable bonds is 4. The largest absolute Gasteiger partial charge is 0.349 e. The van der Waals surface area contributed by atoms with Gasteiger partial charge in [-0.3, -0.25) is 9.59 Å². The van der Waals surface area contributed by atoms with Crippen LogP contribution in [0.15, 0.2) is 48.5 Å². The fraction of sp³-hybridized carbons (Fsp3) is 0.375. The number of hydrazine groups is 1. The van der Waals surface area contributed by atoms with Crippen molar-refractivity contribution in [3.8, 4) is 6.07 Å². The van der Waals surface area contributed by atoms with E-state index >= 15 is 0 Å². The van der Waals surface area contributed by atoms with Crippen LogP contribution in [-0.4, -0.2) is 41.9 Å². The minimum atomic E-state index is -0.241. The Morgan fingerprint density at radius 3 is 2.45 bits per heavy atom. The van der Waals surface area contributed by atoms with Crippen molar-refractivity contribution >= 4 is 11.8 Å². The summed E-state index contributed by atoms with van der Waals surface area (Å²) < 4.78 is 0. The molecule has 2 aliphatic heterocycles. The van der Waals surface area contributed by atoms with Gasteiger partial charge in [-0.25, -0.2) is 10.9 Å². The highest BCUT2D eigenvalue weighted by molar-refractivity contribution is 5.94. The summed E-state index contributed by atoms with van der Waals surface area (Å²) in [5.74, 6) is -0.0301. The van der Waals surface area contributed by atoms with Crippen molar-refractivity contribution in [2.45, 2.75) is 44.3 Å². The van der Waals surface area contributed by atoms with Crippen molar-refractivity contribution in [3.63, 3.8) is 0 Å². The van der Waals surface area contributed by atoms with Gasteiger partial charge in [0.2, 0.25) is 5.91 Å². The first kappa shape index (κ1) is 21.0. The topological polar surface area (TPSA) is 97.3 Å². The monoisotopic (exact) mass is 417 g/mol. The molecule has 0 aliphatic carbocycles. The molecule has 2 fully saturated rings. The number of amides is 2. The van der Waals surface area contributed by atoms with Crippen molar-refractivity contribution < 1.29 is 9.59 Å². The molecule has 0 bridgehead atoms.